The first-order chi connectivity index (χ1) is 18.6. The maximum Gasteiger partial charge on any atom is 0.331 e. The van der Waals surface area contributed by atoms with Crippen LogP contribution in [0.4, 0.5) is 0 Å². The average Bonchev–Trinajstić information content (AvgIpc) is 3.66. The van der Waals surface area contributed by atoms with Crippen molar-refractivity contribution in [3.05, 3.63) is 103 Å². The van der Waals surface area contributed by atoms with Crippen LogP contribution in [0.15, 0.2) is 95.7 Å². The number of piperazine rings is 1. The fraction of sp³-hybridized carbons (Fsp3) is 0.172. The van der Waals surface area contributed by atoms with Crippen LogP contribution in [0.3, 0.4) is 0 Å². The van der Waals surface area contributed by atoms with E-state index in [2.05, 4.69) is 0 Å². The SMILES string of the molecule is O=C(/C=C/c1cn(-c2ccccc2)nc1-c1ccccc1)OCC(=O)N1CCN(C(=O)c2ccco2)CC1. The minimum absolute atomic E-state index is 0.205. The maximum atomic E-state index is 12.6. The molecule has 0 atom stereocenters. The Balaban J connectivity index is 1.18. The van der Waals surface area contributed by atoms with Gasteiger partial charge in [-0.15, -0.1) is 0 Å². The zero-order valence-corrected chi connectivity index (χ0v) is 20.6. The van der Waals surface area contributed by atoms with Gasteiger partial charge in [0.1, 0.15) is 0 Å². The molecular formula is C29H26N4O5. The van der Waals surface area contributed by atoms with Crippen molar-refractivity contribution in [3.8, 4) is 16.9 Å². The summed E-state index contributed by atoms with van der Waals surface area (Å²) in [6.07, 6.45) is 6.23. The van der Waals surface area contributed by atoms with Gasteiger partial charge in [0.15, 0.2) is 12.4 Å². The van der Waals surface area contributed by atoms with E-state index in [4.69, 9.17) is 14.3 Å². The van der Waals surface area contributed by atoms with Crippen molar-refractivity contribution >= 4 is 23.9 Å². The molecule has 1 saturated heterocycles. The van der Waals surface area contributed by atoms with Gasteiger partial charge in [0, 0.05) is 49.6 Å². The van der Waals surface area contributed by atoms with E-state index in [1.54, 1.807) is 32.7 Å². The number of furan rings is 1. The Kier molecular flexibility index (Phi) is 7.44. The molecule has 9 heteroatoms. The van der Waals surface area contributed by atoms with Crippen molar-refractivity contribution < 1.29 is 23.5 Å². The first kappa shape index (κ1) is 24.8. The van der Waals surface area contributed by atoms with Crippen LogP contribution in [-0.4, -0.2) is 70.1 Å². The van der Waals surface area contributed by atoms with Crippen molar-refractivity contribution in [2.45, 2.75) is 0 Å². The second kappa shape index (κ2) is 11.4. The zero-order chi connectivity index (χ0) is 26.3. The lowest BCUT2D eigenvalue weighted by Crippen LogP contribution is -2.51. The Hall–Kier alpha value is -4.92. The molecule has 0 saturated carbocycles. The summed E-state index contributed by atoms with van der Waals surface area (Å²) in [5.41, 5.74) is 3.26. The number of hydrogen-bond acceptors (Lipinski definition) is 6. The number of benzene rings is 2. The van der Waals surface area contributed by atoms with Gasteiger partial charge in [-0.2, -0.15) is 5.10 Å². The van der Waals surface area contributed by atoms with Crippen LogP contribution in [0.25, 0.3) is 23.0 Å². The molecule has 1 aliphatic heterocycles. The average molecular weight is 511 g/mol. The third kappa shape index (κ3) is 5.73. The molecule has 0 N–H and O–H groups in total. The lowest BCUT2D eigenvalue weighted by Gasteiger charge is -2.34. The fourth-order valence-electron chi connectivity index (χ4n) is 4.19. The number of nitrogens with zero attached hydrogens (tertiary/aromatic N) is 4. The predicted octanol–water partition coefficient (Wildman–Crippen LogP) is 3.67. The van der Waals surface area contributed by atoms with Gasteiger partial charge in [-0.1, -0.05) is 48.5 Å². The Morgan fingerprint density at radius 3 is 2.24 bits per heavy atom. The van der Waals surface area contributed by atoms with E-state index in [0.717, 1.165) is 22.5 Å². The summed E-state index contributed by atoms with van der Waals surface area (Å²) in [6, 6.07) is 22.7. The van der Waals surface area contributed by atoms with E-state index in [9.17, 15) is 14.4 Å². The molecule has 3 heterocycles. The molecule has 192 valence electrons. The number of rotatable bonds is 7. The number of amides is 2. The second-order valence-corrected chi connectivity index (χ2v) is 8.67. The Bertz CT molecular complexity index is 1420. The van der Waals surface area contributed by atoms with Crippen molar-refractivity contribution in [2.24, 2.45) is 0 Å². The van der Waals surface area contributed by atoms with Gasteiger partial charge in [0.2, 0.25) is 0 Å². The molecular weight excluding hydrogens is 484 g/mol. The van der Waals surface area contributed by atoms with Gasteiger partial charge in [-0.25, -0.2) is 9.48 Å². The first-order valence-corrected chi connectivity index (χ1v) is 12.2. The van der Waals surface area contributed by atoms with Crippen molar-refractivity contribution in [2.75, 3.05) is 32.8 Å². The molecule has 9 nitrogen and oxygen atoms in total. The van der Waals surface area contributed by atoms with Crippen LogP contribution in [-0.2, 0) is 14.3 Å². The monoisotopic (exact) mass is 510 g/mol. The number of carbonyl (C=O) groups is 3. The molecule has 4 aromatic rings. The van der Waals surface area contributed by atoms with E-state index in [1.165, 1.54) is 12.3 Å². The Morgan fingerprint density at radius 2 is 1.55 bits per heavy atom. The molecule has 2 aromatic heterocycles. The molecule has 0 spiro atoms. The minimum atomic E-state index is -0.628. The van der Waals surface area contributed by atoms with E-state index in [0.29, 0.717) is 26.2 Å². The van der Waals surface area contributed by atoms with E-state index in [-0.39, 0.29) is 24.2 Å². The van der Waals surface area contributed by atoms with Gasteiger partial charge >= 0.3 is 5.97 Å². The molecule has 2 aromatic carbocycles. The van der Waals surface area contributed by atoms with Crippen LogP contribution in [0.2, 0.25) is 0 Å². The molecule has 0 bridgehead atoms. The lowest BCUT2D eigenvalue weighted by atomic mass is 10.1. The fourth-order valence-corrected chi connectivity index (χ4v) is 4.19. The third-order valence-electron chi connectivity index (χ3n) is 6.20. The van der Waals surface area contributed by atoms with Crippen LogP contribution in [0.5, 0.6) is 0 Å². The highest BCUT2D eigenvalue weighted by Gasteiger charge is 2.26. The lowest BCUT2D eigenvalue weighted by molar-refractivity contribution is -0.148. The van der Waals surface area contributed by atoms with Crippen molar-refractivity contribution in [1.29, 1.82) is 0 Å². The summed E-state index contributed by atoms with van der Waals surface area (Å²) >= 11 is 0. The highest BCUT2D eigenvalue weighted by molar-refractivity contribution is 5.92. The van der Waals surface area contributed by atoms with Gasteiger partial charge in [0.25, 0.3) is 11.8 Å². The Morgan fingerprint density at radius 1 is 0.868 bits per heavy atom. The molecule has 5 rings (SSSR count). The minimum Gasteiger partial charge on any atom is -0.459 e. The van der Waals surface area contributed by atoms with Gasteiger partial charge in [-0.05, 0) is 30.3 Å². The number of aromatic nitrogens is 2. The van der Waals surface area contributed by atoms with Gasteiger partial charge < -0.3 is 19.0 Å². The first-order valence-electron chi connectivity index (χ1n) is 12.2. The van der Waals surface area contributed by atoms with Crippen LogP contribution in [0, 0.1) is 0 Å². The summed E-state index contributed by atoms with van der Waals surface area (Å²) in [4.78, 5) is 40.6. The number of hydrogen-bond donors (Lipinski definition) is 0. The molecule has 2 amide bonds. The van der Waals surface area contributed by atoms with Gasteiger partial charge in [-0.3, -0.25) is 9.59 Å². The molecule has 1 fully saturated rings. The summed E-state index contributed by atoms with van der Waals surface area (Å²) < 4.78 is 12.1. The number of ether oxygens (including phenoxy) is 1. The van der Waals surface area contributed by atoms with E-state index in [1.807, 2.05) is 66.9 Å². The summed E-state index contributed by atoms with van der Waals surface area (Å²) in [6.45, 7) is 1.11. The summed E-state index contributed by atoms with van der Waals surface area (Å²) in [7, 11) is 0. The highest BCUT2D eigenvalue weighted by atomic mass is 16.5. The highest BCUT2D eigenvalue weighted by Crippen LogP contribution is 2.24. The standard InChI is InChI=1S/C29H26N4O5/c34-26(31-15-17-32(18-16-31)29(36)25-12-7-19-37-25)21-38-27(35)14-13-23-20-33(24-10-5-2-6-11-24)30-28(23)22-8-3-1-4-9-22/h1-14,19-20H,15-18,21H2/b14-13+. The topological polar surface area (TPSA) is 97.9 Å². The summed E-state index contributed by atoms with van der Waals surface area (Å²) in [5.74, 6) is -0.866. The number of para-hydroxylation sites is 1. The van der Waals surface area contributed by atoms with Crippen LogP contribution < -0.4 is 0 Å². The summed E-state index contributed by atoms with van der Waals surface area (Å²) in [5, 5.41) is 4.72. The van der Waals surface area contributed by atoms with Gasteiger partial charge in [0.05, 0.1) is 17.6 Å². The molecule has 0 aliphatic carbocycles. The maximum absolute atomic E-state index is 12.6. The van der Waals surface area contributed by atoms with Crippen molar-refractivity contribution in [3.63, 3.8) is 0 Å². The second-order valence-electron chi connectivity index (χ2n) is 8.67. The molecule has 0 radical (unpaired) electrons. The zero-order valence-electron chi connectivity index (χ0n) is 20.6. The predicted molar refractivity (Wildman–Crippen MR) is 140 cm³/mol. The smallest absolute Gasteiger partial charge is 0.331 e. The molecule has 0 unspecified atom stereocenters. The number of carbonyl (C=O) groups excluding carboxylic acids is 3. The van der Waals surface area contributed by atoms with E-state index >= 15 is 0 Å². The quantitative estimate of drug-likeness (QED) is 0.278. The normalized spacial score (nSPS) is 13.6. The third-order valence-corrected chi connectivity index (χ3v) is 6.20. The number of esters is 1. The largest absolute Gasteiger partial charge is 0.459 e. The van der Waals surface area contributed by atoms with Crippen LogP contribution >= 0.6 is 0 Å². The molecule has 1 aliphatic rings. The van der Waals surface area contributed by atoms with E-state index < -0.39 is 5.97 Å². The Labute approximate surface area is 219 Å². The van der Waals surface area contributed by atoms with Crippen molar-refractivity contribution in [1.82, 2.24) is 19.6 Å². The van der Waals surface area contributed by atoms with Crippen LogP contribution in [0.1, 0.15) is 16.1 Å². The molecule has 38 heavy (non-hydrogen) atoms.